The minimum absolute atomic E-state index is 0.352. The third kappa shape index (κ3) is 3.03. The summed E-state index contributed by atoms with van der Waals surface area (Å²) in [5.74, 6) is 1.13. The number of hydrogen-bond donors (Lipinski definition) is 0. The number of hydrogen-bond acceptors (Lipinski definition) is 3. The van der Waals surface area contributed by atoms with E-state index in [0.29, 0.717) is 4.75 Å². The number of anilines is 1. The summed E-state index contributed by atoms with van der Waals surface area (Å²) in [5, 5.41) is 0. The highest BCUT2D eigenvalue weighted by Gasteiger charge is 2.24. The smallest absolute Gasteiger partial charge is 0.152 e. The van der Waals surface area contributed by atoms with E-state index in [4.69, 9.17) is 0 Å². The van der Waals surface area contributed by atoms with Gasteiger partial charge in [-0.2, -0.15) is 11.8 Å². The number of thioether (sulfide) groups is 1. The van der Waals surface area contributed by atoms with Crippen molar-refractivity contribution in [2.45, 2.75) is 25.0 Å². The van der Waals surface area contributed by atoms with Gasteiger partial charge < -0.3 is 4.90 Å². The molecule has 0 unspecified atom stereocenters. The van der Waals surface area contributed by atoms with Crippen LogP contribution >= 0.6 is 11.8 Å². The summed E-state index contributed by atoms with van der Waals surface area (Å²) in [4.78, 5) is 13.4. The Morgan fingerprint density at radius 1 is 1.29 bits per heavy atom. The van der Waals surface area contributed by atoms with Crippen LogP contribution in [0, 0.1) is 0 Å². The topological polar surface area (TPSA) is 20.3 Å². The average Bonchev–Trinajstić information content (AvgIpc) is 2.50. The first-order chi connectivity index (χ1) is 8.12. The molecule has 0 aromatic heterocycles. The zero-order valence-corrected chi connectivity index (χ0v) is 11.3. The molecular formula is C14H19NOS. The summed E-state index contributed by atoms with van der Waals surface area (Å²) in [7, 11) is 0. The van der Waals surface area contributed by atoms with Gasteiger partial charge in [0.05, 0.1) is 0 Å². The van der Waals surface area contributed by atoms with E-state index >= 15 is 0 Å². The van der Waals surface area contributed by atoms with Gasteiger partial charge in [-0.1, -0.05) is 26.0 Å². The van der Waals surface area contributed by atoms with Crippen LogP contribution in [-0.4, -0.2) is 29.9 Å². The summed E-state index contributed by atoms with van der Waals surface area (Å²) in [6.45, 7) is 6.66. The maximum Gasteiger partial charge on any atom is 0.152 e. The van der Waals surface area contributed by atoms with Gasteiger partial charge in [-0.05, 0) is 18.6 Å². The summed E-state index contributed by atoms with van der Waals surface area (Å²) in [5.41, 5.74) is 1.89. The normalized spacial score (nSPS) is 19.8. The maximum atomic E-state index is 11.1. The first-order valence-electron chi connectivity index (χ1n) is 6.05. The molecule has 0 N–H and O–H groups in total. The molecule has 1 aliphatic heterocycles. The first kappa shape index (κ1) is 12.5. The molecule has 1 aromatic carbocycles. The van der Waals surface area contributed by atoms with E-state index < -0.39 is 0 Å². The third-order valence-corrected chi connectivity index (χ3v) is 4.61. The molecule has 1 aromatic rings. The fraction of sp³-hybridized carbons (Fsp3) is 0.500. The Hall–Kier alpha value is -0.960. The van der Waals surface area contributed by atoms with Gasteiger partial charge in [0.15, 0.2) is 6.29 Å². The maximum absolute atomic E-state index is 11.1. The Morgan fingerprint density at radius 2 is 2.06 bits per heavy atom. The molecule has 0 saturated carbocycles. The van der Waals surface area contributed by atoms with Crippen molar-refractivity contribution in [2.24, 2.45) is 0 Å². The Bertz CT molecular complexity index is 403. The molecule has 2 nitrogen and oxygen atoms in total. The van der Waals surface area contributed by atoms with Crippen LogP contribution in [0.15, 0.2) is 24.3 Å². The summed E-state index contributed by atoms with van der Waals surface area (Å²) >= 11 is 2.02. The van der Waals surface area contributed by atoms with Crippen molar-refractivity contribution in [2.75, 3.05) is 23.7 Å². The highest BCUT2D eigenvalue weighted by Crippen LogP contribution is 2.32. The van der Waals surface area contributed by atoms with Crippen LogP contribution in [0.25, 0.3) is 0 Å². The minimum atomic E-state index is 0.352. The molecule has 1 fully saturated rings. The number of nitrogens with zero attached hydrogens (tertiary/aromatic N) is 1. The van der Waals surface area contributed by atoms with E-state index in [2.05, 4.69) is 18.7 Å². The van der Waals surface area contributed by atoms with Crippen molar-refractivity contribution >= 4 is 23.7 Å². The lowest BCUT2D eigenvalue weighted by Crippen LogP contribution is -2.27. The molecule has 1 saturated heterocycles. The molecule has 3 heteroatoms. The van der Waals surface area contributed by atoms with E-state index in [1.54, 1.807) is 0 Å². The van der Waals surface area contributed by atoms with Crippen LogP contribution in [0.4, 0.5) is 5.69 Å². The summed E-state index contributed by atoms with van der Waals surface area (Å²) in [6.07, 6.45) is 2.11. The van der Waals surface area contributed by atoms with Crippen LogP contribution in [0.3, 0.4) is 0 Å². The fourth-order valence-corrected chi connectivity index (χ4v) is 3.24. The van der Waals surface area contributed by atoms with Gasteiger partial charge in [0.2, 0.25) is 0 Å². The Morgan fingerprint density at radius 3 is 2.82 bits per heavy atom. The largest absolute Gasteiger partial charge is 0.370 e. The summed E-state index contributed by atoms with van der Waals surface area (Å²) < 4.78 is 0.352. The van der Waals surface area contributed by atoms with Gasteiger partial charge in [0, 0.05) is 34.8 Å². The number of benzene rings is 1. The predicted octanol–water partition coefficient (Wildman–Crippen LogP) is 3.22. The van der Waals surface area contributed by atoms with E-state index in [-0.39, 0.29) is 0 Å². The molecule has 1 heterocycles. The molecule has 92 valence electrons. The highest BCUT2D eigenvalue weighted by molar-refractivity contribution is 8.00. The molecule has 0 aliphatic carbocycles. The lowest BCUT2D eigenvalue weighted by molar-refractivity contribution is 0.112. The molecule has 0 radical (unpaired) electrons. The van der Waals surface area contributed by atoms with E-state index in [1.807, 2.05) is 36.0 Å². The fourth-order valence-electron chi connectivity index (χ4n) is 2.14. The van der Waals surface area contributed by atoms with E-state index in [9.17, 15) is 4.79 Å². The molecule has 1 aliphatic rings. The molecule has 2 rings (SSSR count). The number of para-hydroxylation sites is 1. The van der Waals surface area contributed by atoms with Crippen molar-refractivity contribution in [3.63, 3.8) is 0 Å². The highest BCUT2D eigenvalue weighted by atomic mass is 32.2. The molecular weight excluding hydrogens is 230 g/mol. The SMILES string of the molecule is CC1(C)CCN(c2ccccc2C=O)CCS1. The molecule has 0 amide bonds. The van der Waals surface area contributed by atoms with Gasteiger partial charge >= 0.3 is 0 Å². The van der Waals surface area contributed by atoms with Gasteiger partial charge in [-0.25, -0.2) is 0 Å². The quantitative estimate of drug-likeness (QED) is 0.751. The monoisotopic (exact) mass is 249 g/mol. The first-order valence-corrected chi connectivity index (χ1v) is 7.04. The van der Waals surface area contributed by atoms with Crippen molar-refractivity contribution in [1.29, 1.82) is 0 Å². The predicted molar refractivity (Wildman–Crippen MR) is 75.2 cm³/mol. The zero-order chi connectivity index (χ0) is 12.3. The number of rotatable bonds is 2. The Kier molecular flexibility index (Phi) is 3.77. The van der Waals surface area contributed by atoms with Gasteiger partial charge in [0.25, 0.3) is 0 Å². The second kappa shape index (κ2) is 5.13. The van der Waals surface area contributed by atoms with Crippen molar-refractivity contribution in [1.82, 2.24) is 0 Å². The van der Waals surface area contributed by atoms with Crippen LogP contribution in [0.1, 0.15) is 30.6 Å². The minimum Gasteiger partial charge on any atom is -0.370 e. The lowest BCUT2D eigenvalue weighted by atomic mass is 10.1. The van der Waals surface area contributed by atoms with Gasteiger partial charge in [-0.15, -0.1) is 0 Å². The van der Waals surface area contributed by atoms with Crippen LogP contribution in [0.2, 0.25) is 0 Å². The van der Waals surface area contributed by atoms with E-state index in [1.165, 1.54) is 0 Å². The van der Waals surface area contributed by atoms with E-state index in [0.717, 1.165) is 42.8 Å². The molecule has 0 spiro atoms. The van der Waals surface area contributed by atoms with Gasteiger partial charge in [0.1, 0.15) is 0 Å². The third-order valence-electron chi connectivity index (χ3n) is 3.24. The Balaban J connectivity index is 2.19. The standard InChI is InChI=1S/C14H19NOS/c1-14(2)7-8-15(9-10-17-14)13-6-4-3-5-12(13)11-16/h3-6,11H,7-10H2,1-2H3. The molecule has 17 heavy (non-hydrogen) atoms. The van der Waals surface area contributed by atoms with Crippen LogP contribution in [-0.2, 0) is 0 Å². The number of carbonyl (C=O) groups excluding carboxylic acids is 1. The zero-order valence-electron chi connectivity index (χ0n) is 10.5. The molecule has 0 atom stereocenters. The lowest BCUT2D eigenvalue weighted by Gasteiger charge is -2.25. The Labute approximate surface area is 107 Å². The average molecular weight is 249 g/mol. The van der Waals surface area contributed by atoms with Crippen LogP contribution < -0.4 is 4.90 Å². The number of aldehydes is 1. The molecule has 0 bridgehead atoms. The summed E-state index contributed by atoms with van der Waals surface area (Å²) in [6, 6.07) is 7.87. The van der Waals surface area contributed by atoms with Crippen molar-refractivity contribution in [3.8, 4) is 0 Å². The second-order valence-electron chi connectivity index (χ2n) is 5.02. The number of carbonyl (C=O) groups is 1. The van der Waals surface area contributed by atoms with Crippen LogP contribution in [0.5, 0.6) is 0 Å². The van der Waals surface area contributed by atoms with Gasteiger partial charge in [-0.3, -0.25) is 4.79 Å². The van der Waals surface area contributed by atoms with Crippen molar-refractivity contribution in [3.05, 3.63) is 29.8 Å². The van der Waals surface area contributed by atoms with Crippen molar-refractivity contribution < 1.29 is 4.79 Å². The second-order valence-corrected chi connectivity index (χ2v) is 6.82.